The molecule has 150 valence electrons. The fourth-order valence-electron chi connectivity index (χ4n) is 3.78. The van der Waals surface area contributed by atoms with Crippen LogP contribution in [0.1, 0.15) is 31.7 Å². The number of halogens is 1. The van der Waals surface area contributed by atoms with Crippen molar-refractivity contribution in [3.8, 4) is 5.75 Å². The number of hydrogen-bond donors (Lipinski definition) is 1. The van der Waals surface area contributed by atoms with E-state index < -0.39 is 6.10 Å². The molecule has 0 aliphatic carbocycles. The molecule has 0 spiro atoms. The molecule has 27 heavy (non-hydrogen) atoms. The summed E-state index contributed by atoms with van der Waals surface area (Å²) in [7, 11) is 0. The molecular weight excluding hydrogens is 366 g/mol. The van der Waals surface area contributed by atoms with Crippen LogP contribution >= 0.6 is 12.4 Å². The van der Waals surface area contributed by atoms with Crippen LogP contribution in [0.5, 0.6) is 5.75 Å². The molecule has 1 aromatic rings. The van der Waals surface area contributed by atoms with Gasteiger partial charge in [-0.1, -0.05) is 19.1 Å². The monoisotopic (exact) mass is 395 g/mol. The number of nitrogens with zero attached hydrogens (tertiary/aromatic N) is 2. The van der Waals surface area contributed by atoms with E-state index in [1.165, 1.54) is 0 Å². The number of hydrogen-bond acceptors (Lipinski definition) is 4. The fraction of sp³-hybridized carbons (Fsp3) is 0.600. The third-order valence-electron chi connectivity index (χ3n) is 5.19. The van der Waals surface area contributed by atoms with Crippen LogP contribution in [0.3, 0.4) is 0 Å². The molecule has 2 atom stereocenters. The Kier molecular flexibility index (Phi) is 7.92. The molecule has 0 aromatic heterocycles. The molecule has 2 saturated heterocycles. The first kappa shape index (κ1) is 21.5. The average molecular weight is 396 g/mol. The second-order valence-corrected chi connectivity index (χ2v) is 7.18. The molecule has 1 aromatic carbocycles. The van der Waals surface area contributed by atoms with Crippen molar-refractivity contribution in [2.45, 2.75) is 45.3 Å². The van der Waals surface area contributed by atoms with Crippen LogP contribution in [0.15, 0.2) is 24.3 Å². The van der Waals surface area contributed by atoms with Gasteiger partial charge in [0.05, 0.1) is 6.54 Å². The molecule has 2 aliphatic rings. The Morgan fingerprint density at radius 3 is 2.89 bits per heavy atom. The number of carbonyl (C=O) groups excluding carboxylic acids is 2. The van der Waals surface area contributed by atoms with Crippen LogP contribution in [0.2, 0.25) is 0 Å². The molecule has 1 N–H and O–H groups in total. The van der Waals surface area contributed by atoms with Crippen molar-refractivity contribution in [2.75, 3.05) is 32.7 Å². The lowest BCUT2D eigenvalue weighted by Gasteiger charge is -2.41. The normalized spacial score (nSPS) is 21.4. The summed E-state index contributed by atoms with van der Waals surface area (Å²) < 4.78 is 5.98. The lowest BCUT2D eigenvalue weighted by Crippen LogP contribution is -2.58. The molecule has 2 amide bonds. The lowest BCUT2D eigenvalue weighted by molar-refractivity contribution is -0.144. The predicted molar refractivity (Wildman–Crippen MR) is 107 cm³/mol. The van der Waals surface area contributed by atoms with Crippen LogP contribution in [0.4, 0.5) is 0 Å². The van der Waals surface area contributed by atoms with Crippen molar-refractivity contribution in [1.29, 1.82) is 0 Å². The van der Waals surface area contributed by atoms with Gasteiger partial charge in [0.25, 0.3) is 5.91 Å². The summed E-state index contributed by atoms with van der Waals surface area (Å²) in [5.74, 6) is 0.899. The Morgan fingerprint density at radius 2 is 2.19 bits per heavy atom. The molecule has 6 nitrogen and oxygen atoms in total. The zero-order valence-corrected chi connectivity index (χ0v) is 17.0. The minimum Gasteiger partial charge on any atom is -0.481 e. The summed E-state index contributed by atoms with van der Waals surface area (Å²) in [6.45, 7) is 7.28. The zero-order chi connectivity index (χ0) is 18.5. The number of likely N-dealkylation sites (tertiary alicyclic amines) is 1. The average Bonchev–Trinajstić information content (AvgIpc) is 2.66. The fourth-order valence-corrected chi connectivity index (χ4v) is 3.78. The van der Waals surface area contributed by atoms with Gasteiger partial charge in [-0.3, -0.25) is 9.59 Å². The first-order valence-corrected chi connectivity index (χ1v) is 9.60. The van der Waals surface area contributed by atoms with E-state index >= 15 is 0 Å². The van der Waals surface area contributed by atoms with E-state index in [1.54, 1.807) is 0 Å². The molecule has 0 bridgehead atoms. The van der Waals surface area contributed by atoms with Crippen molar-refractivity contribution < 1.29 is 14.3 Å². The minimum absolute atomic E-state index is 0. The van der Waals surface area contributed by atoms with E-state index in [0.717, 1.165) is 43.8 Å². The molecule has 2 heterocycles. The number of benzene rings is 1. The van der Waals surface area contributed by atoms with Crippen molar-refractivity contribution in [2.24, 2.45) is 0 Å². The van der Waals surface area contributed by atoms with E-state index in [2.05, 4.69) is 5.32 Å². The second-order valence-electron chi connectivity index (χ2n) is 7.18. The van der Waals surface area contributed by atoms with Crippen molar-refractivity contribution in [1.82, 2.24) is 15.1 Å². The minimum atomic E-state index is -0.478. The highest BCUT2D eigenvalue weighted by Crippen LogP contribution is 2.21. The van der Waals surface area contributed by atoms with Crippen LogP contribution < -0.4 is 10.1 Å². The number of rotatable bonds is 5. The van der Waals surface area contributed by atoms with E-state index in [4.69, 9.17) is 4.74 Å². The Balaban J connectivity index is 0.00000261. The van der Waals surface area contributed by atoms with Gasteiger partial charge < -0.3 is 19.9 Å². The largest absolute Gasteiger partial charge is 0.481 e. The number of nitrogens with one attached hydrogen (secondary N) is 1. The van der Waals surface area contributed by atoms with Gasteiger partial charge in [0, 0.05) is 32.2 Å². The zero-order valence-electron chi connectivity index (χ0n) is 16.1. The quantitative estimate of drug-likeness (QED) is 0.828. The number of amides is 2. The van der Waals surface area contributed by atoms with E-state index in [1.807, 2.05) is 47.9 Å². The molecule has 2 unspecified atom stereocenters. The smallest absolute Gasteiger partial charge is 0.263 e. The summed E-state index contributed by atoms with van der Waals surface area (Å²) >= 11 is 0. The van der Waals surface area contributed by atoms with Crippen molar-refractivity contribution >= 4 is 24.2 Å². The number of piperidine rings is 1. The van der Waals surface area contributed by atoms with Gasteiger partial charge >= 0.3 is 0 Å². The van der Waals surface area contributed by atoms with E-state index in [0.29, 0.717) is 19.5 Å². The van der Waals surface area contributed by atoms with Gasteiger partial charge in [0.15, 0.2) is 6.10 Å². The van der Waals surface area contributed by atoms with Gasteiger partial charge in [-0.25, -0.2) is 0 Å². The molecule has 2 fully saturated rings. The Hall–Kier alpha value is -1.79. The van der Waals surface area contributed by atoms with Gasteiger partial charge in [0.2, 0.25) is 5.91 Å². The highest BCUT2D eigenvalue weighted by molar-refractivity contribution is 5.85. The summed E-state index contributed by atoms with van der Waals surface area (Å²) in [6, 6.07) is 7.92. The summed E-state index contributed by atoms with van der Waals surface area (Å²) in [5, 5.41) is 3.10. The summed E-state index contributed by atoms with van der Waals surface area (Å²) in [4.78, 5) is 29.0. The third-order valence-corrected chi connectivity index (χ3v) is 5.19. The molecular formula is C20H30ClN3O3. The van der Waals surface area contributed by atoms with Gasteiger partial charge in [-0.2, -0.15) is 0 Å². The highest BCUT2D eigenvalue weighted by atomic mass is 35.5. The summed E-state index contributed by atoms with van der Waals surface area (Å²) in [5.41, 5.74) is 1.11. The van der Waals surface area contributed by atoms with Gasteiger partial charge in [-0.05, 0) is 43.9 Å². The van der Waals surface area contributed by atoms with Gasteiger partial charge in [-0.15, -0.1) is 12.4 Å². The summed E-state index contributed by atoms with van der Waals surface area (Å²) in [6.07, 6.45) is 2.04. The number of piperazine rings is 1. The second kappa shape index (κ2) is 9.95. The van der Waals surface area contributed by atoms with Crippen LogP contribution in [0, 0.1) is 6.92 Å². The standard InChI is InChI=1S/C20H29N3O3.ClH/c1-3-18(26-17-8-4-6-15(2)12-17)20(25)22-10-5-7-16(14-22)23-11-9-21-13-19(23)24;/h4,6,8,12,16,18,21H,3,5,7,9-11,13-14H2,1-2H3;1H. The molecule has 2 aliphatic heterocycles. The van der Waals surface area contributed by atoms with E-state index in [9.17, 15) is 9.59 Å². The third kappa shape index (κ3) is 5.36. The van der Waals surface area contributed by atoms with Crippen LogP contribution in [-0.2, 0) is 9.59 Å². The highest BCUT2D eigenvalue weighted by Gasteiger charge is 2.34. The maximum Gasteiger partial charge on any atom is 0.263 e. The maximum absolute atomic E-state index is 13.0. The lowest BCUT2D eigenvalue weighted by atomic mass is 10.0. The van der Waals surface area contributed by atoms with Crippen molar-refractivity contribution in [3.05, 3.63) is 29.8 Å². The predicted octanol–water partition coefficient (Wildman–Crippen LogP) is 2.00. The number of aryl methyl sites for hydroxylation is 1. The SMILES string of the molecule is CCC(Oc1cccc(C)c1)C(=O)N1CCCC(N2CCNCC2=O)C1.Cl. The Morgan fingerprint density at radius 1 is 1.37 bits per heavy atom. The molecule has 0 radical (unpaired) electrons. The Bertz CT molecular complexity index is 655. The molecule has 3 rings (SSSR count). The first-order chi connectivity index (χ1) is 12.6. The maximum atomic E-state index is 13.0. The molecule has 0 saturated carbocycles. The van der Waals surface area contributed by atoms with Gasteiger partial charge in [0.1, 0.15) is 5.75 Å². The number of carbonyl (C=O) groups is 2. The topological polar surface area (TPSA) is 61.9 Å². The van der Waals surface area contributed by atoms with E-state index in [-0.39, 0.29) is 30.3 Å². The van der Waals surface area contributed by atoms with Crippen molar-refractivity contribution in [3.63, 3.8) is 0 Å². The van der Waals surface area contributed by atoms with Crippen LogP contribution in [-0.4, -0.2) is 66.5 Å². The first-order valence-electron chi connectivity index (χ1n) is 9.60. The Labute approximate surface area is 167 Å². The van der Waals surface area contributed by atoms with Crippen LogP contribution in [0.25, 0.3) is 0 Å². The number of ether oxygens (including phenoxy) is 1. The molecule has 7 heteroatoms.